The van der Waals surface area contributed by atoms with E-state index in [2.05, 4.69) is 52.1 Å². The summed E-state index contributed by atoms with van der Waals surface area (Å²) in [6, 6.07) is 14.8. The number of piperazine rings is 1. The first-order chi connectivity index (χ1) is 19.7. The van der Waals surface area contributed by atoms with Crippen molar-refractivity contribution in [1.82, 2.24) is 15.1 Å². The maximum absolute atomic E-state index is 13.7. The molecule has 1 aliphatic carbocycles. The number of halogens is 1. The topological polar surface area (TPSA) is 55.9 Å². The minimum Gasteiger partial charge on any atom is -0.363 e. The van der Waals surface area contributed by atoms with Crippen LogP contribution in [-0.4, -0.2) is 59.4 Å². The van der Waals surface area contributed by atoms with E-state index in [1.807, 2.05) is 12.1 Å². The van der Waals surface area contributed by atoms with E-state index in [4.69, 9.17) is 0 Å². The summed E-state index contributed by atoms with van der Waals surface area (Å²) in [5, 5.41) is 2.52. The molecule has 2 bridgehead atoms. The fourth-order valence-corrected chi connectivity index (χ4v) is 8.09. The SMILES string of the molecule is CC1(C)CCC(CN2CC3CCC(C2)N3c2ccc3c(c2)CN(C2CCC(=O)NC2=O)C3)=C(c2ccc(F)cc2)C1. The molecule has 2 aromatic carbocycles. The standard InChI is InChI=1S/C34H41FN4O2/c1-34(2)14-13-24(30(16-34)22-3-6-26(35)7-4-22)17-37-20-28-9-10-29(21-37)39(28)27-8-5-23-18-38(19-25(23)15-27)31-11-12-32(40)36-33(31)41/h3-8,15,28-29,31H,9-14,16-21H2,1-2H3,(H,36,40,41). The monoisotopic (exact) mass is 556 g/mol. The first-order valence-electron chi connectivity index (χ1n) is 15.4. The summed E-state index contributed by atoms with van der Waals surface area (Å²) >= 11 is 0. The number of hydrogen-bond donors (Lipinski definition) is 1. The lowest BCUT2D eigenvalue weighted by Gasteiger charge is -2.44. The van der Waals surface area contributed by atoms with Crippen molar-refractivity contribution in [2.75, 3.05) is 24.5 Å². The molecule has 2 amide bonds. The van der Waals surface area contributed by atoms with E-state index in [9.17, 15) is 14.0 Å². The molecule has 2 aromatic rings. The van der Waals surface area contributed by atoms with Gasteiger partial charge in [0.15, 0.2) is 0 Å². The maximum Gasteiger partial charge on any atom is 0.243 e. The molecule has 3 fully saturated rings. The lowest BCUT2D eigenvalue weighted by atomic mass is 9.72. The van der Waals surface area contributed by atoms with Gasteiger partial charge in [0.2, 0.25) is 11.8 Å². The van der Waals surface area contributed by atoms with Gasteiger partial charge < -0.3 is 4.90 Å². The second-order valence-corrected chi connectivity index (χ2v) is 13.7. The zero-order chi connectivity index (χ0) is 28.3. The van der Waals surface area contributed by atoms with Gasteiger partial charge >= 0.3 is 0 Å². The Morgan fingerprint density at radius 3 is 2.39 bits per heavy atom. The van der Waals surface area contributed by atoms with Crippen LogP contribution >= 0.6 is 0 Å². The Morgan fingerprint density at radius 2 is 1.66 bits per heavy atom. The third-order valence-electron chi connectivity index (χ3n) is 10.2. The van der Waals surface area contributed by atoms with Gasteiger partial charge in [-0.2, -0.15) is 0 Å². The number of rotatable bonds is 5. The Labute approximate surface area is 242 Å². The molecule has 1 N–H and O–H groups in total. The Morgan fingerprint density at radius 1 is 0.927 bits per heavy atom. The van der Waals surface area contributed by atoms with Crippen molar-refractivity contribution in [3.63, 3.8) is 0 Å². The molecule has 41 heavy (non-hydrogen) atoms. The highest BCUT2D eigenvalue weighted by Crippen LogP contribution is 2.44. The van der Waals surface area contributed by atoms with Crippen LogP contribution in [0.1, 0.15) is 75.5 Å². The van der Waals surface area contributed by atoms with Crippen molar-refractivity contribution in [2.24, 2.45) is 5.41 Å². The zero-order valence-electron chi connectivity index (χ0n) is 24.3. The number of likely N-dealkylation sites (tertiary alicyclic amines) is 1. The number of carbonyl (C=O) groups is 2. The first-order valence-corrected chi connectivity index (χ1v) is 15.4. The molecular formula is C34H41FN4O2. The van der Waals surface area contributed by atoms with E-state index in [-0.39, 0.29) is 29.1 Å². The van der Waals surface area contributed by atoms with E-state index in [1.165, 1.54) is 52.8 Å². The summed E-state index contributed by atoms with van der Waals surface area (Å²) in [5.74, 6) is -0.480. The molecular weight excluding hydrogens is 515 g/mol. The summed E-state index contributed by atoms with van der Waals surface area (Å²) < 4.78 is 13.7. The van der Waals surface area contributed by atoms with Crippen LogP contribution in [0.3, 0.4) is 0 Å². The largest absolute Gasteiger partial charge is 0.363 e. The third-order valence-corrected chi connectivity index (χ3v) is 10.2. The summed E-state index contributed by atoms with van der Waals surface area (Å²) in [6.45, 7) is 9.39. The molecule has 6 nitrogen and oxygen atoms in total. The number of nitrogens with one attached hydrogen (secondary N) is 1. The van der Waals surface area contributed by atoms with Gasteiger partial charge in [0.1, 0.15) is 5.82 Å². The van der Waals surface area contributed by atoms with Crippen LogP contribution < -0.4 is 10.2 Å². The van der Waals surface area contributed by atoms with Crippen LogP contribution in [0.4, 0.5) is 10.1 Å². The molecule has 7 rings (SSSR count). The second-order valence-electron chi connectivity index (χ2n) is 13.7. The van der Waals surface area contributed by atoms with Crippen molar-refractivity contribution in [1.29, 1.82) is 0 Å². The molecule has 4 heterocycles. The van der Waals surface area contributed by atoms with E-state index >= 15 is 0 Å². The van der Waals surface area contributed by atoms with Crippen molar-refractivity contribution < 1.29 is 14.0 Å². The van der Waals surface area contributed by atoms with Crippen LogP contribution in [0.25, 0.3) is 5.57 Å². The molecule has 5 aliphatic rings. The molecule has 0 spiro atoms. The lowest BCUT2D eigenvalue weighted by molar-refractivity contribution is -0.137. The molecule has 3 unspecified atom stereocenters. The average molecular weight is 557 g/mol. The number of imide groups is 1. The van der Waals surface area contributed by atoms with Crippen molar-refractivity contribution >= 4 is 23.1 Å². The fraction of sp³-hybridized carbons (Fsp3) is 0.529. The molecule has 0 aromatic heterocycles. The molecule has 0 radical (unpaired) electrons. The number of benzene rings is 2. The van der Waals surface area contributed by atoms with E-state index in [0.29, 0.717) is 24.9 Å². The van der Waals surface area contributed by atoms with Gasteiger partial charge in [-0.25, -0.2) is 4.39 Å². The third kappa shape index (κ3) is 5.23. The fourth-order valence-electron chi connectivity index (χ4n) is 8.09. The van der Waals surface area contributed by atoms with Crippen LogP contribution in [0.2, 0.25) is 0 Å². The maximum atomic E-state index is 13.7. The van der Waals surface area contributed by atoms with Crippen molar-refractivity contribution in [3.8, 4) is 0 Å². The highest BCUT2D eigenvalue weighted by atomic mass is 19.1. The van der Waals surface area contributed by atoms with Gasteiger partial charge in [-0.05, 0) is 90.5 Å². The number of allylic oxidation sites excluding steroid dienone is 1. The molecule has 3 atom stereocenters. The Bertz CT molecular complexity index is 1390. The van der Waals surface area contributed by atoms with Gasteiger partial charge in [0.25, 0.3) is 0 Å². The number of anilines is 1. The van der Waals surface area contributed by atoms with E-state index < -0.39 is 0 Å². The number of nitrogens with zero attached hydrogens (tertiary/aromatic N) is 3. The van der Waals surface area contributed by atoms with Crippen LogP contribution in [0, 0.1) is 11.2 Å². The summed E-state index contributed by atoms with van der Waals surface area (Å²) in [5.41, 5.74) is 8.33. The molecule has 3 saturated heterocycles. The minimum absolute atomic E-state index is 0.150. The van der Waals surface area contributed by atoms with Crippen LogP contribution in [0.5, 0.6) is 0 Å². The van der Waals surface area contributed by atoms with Crippen LogP contribution in [0.15, 0.2) is 48.0 Å². The van der Waals surface area contributed by atoms with Crippen molar-refractivity contribution in [3.05, 3.63) is 70.5 Å². The zero-order valence-corrected chi connectivity index (χ0v) is 24.3. The molecule has 4 aliphatic heterocycles. The highest BCUT2D eigenvalue weighted by molar-refractivity contribution is 6.00. The van der Waals surface area contributed by atoms with Crippen molar-refractivity contribution in [2.45, 2.75) is 90.0 Å². The summed E-state index contributed by atoms with van der Waals surface area (Å²) in [4.78, 5) is 31.7. The second kappa shape index (κ2) is 10.4. The minimum atomic E-state index is -0.220. The summed E-state index contributed by atoms with van der Waals surface area (Å²) in [6.07, 6.45) is 6.83. The number of carbonyl (C=O) groups excluding carboxylic acids is 2. The number of amides is 2. The Balaban J connectivity index is 1.06. The number of hydrogen-bond acceptors (Lipinski definition) is 5. The lowest BCUT2D eigenvalue weighted by Crippen LogP contribution is -2.54. The highest BCUT2D eigenvalue weighted by Gasteiger charge is 2.41. The normalized spacial score (nSPS) is 28.3. The summed E-state index contributed by atoms with van der Waals surface area (Å²) in [7, 11) is 0. The van der Waals surface area contributed by atoms with Gasteiger partial charge in [-0.15, -0.1) is 0 Å². The van der Waals surface area contributed by atoms with Gasteiger partial charge in [0.05, 0.1) is 6.04 Å². The van der Waals surface area contributed by atoms with Gasteiger partial charge in [-0.3, -0.25) is 24.7 Å². The van der Waals surface area contributed by atoms with E-state index in [0.717, 1.165) is 45.6 Å². The Kier molecular flexibility index (Phi) is 6.78. The van der Waals surface area contributed by atoms with E-state index in [1.54, 1.807) is 12.1 Å². The van der Waals surface area contributed by atoms with Crippen LogP contribution in [-0.2, 0) is 22.7 Å². The Hall–Kier alpha value is -3.03. The average Bonchev–Trinajstić information content (AvgIpc) is 3.47. The molecule has 0 saturated carbocycles. The smallest absolute Gasteiger partial charge is 0.243 e. The number of fused-ring (bicyclic) bond motifs is 3. The molecule has 216 valence electrons. The predicted molar refractivity (Wildman–Crippen MR) is 159 cm³/mol. The molecule has 7 heteroatoms. The number of piperidine rings is 1. The quantitative estimate of drug-likeness (QED) is 0.509. The first kappa shape index (κ1) is 26.8. The van der Waals surface area contributed by atoms with Gasteiger partial charge in [-0.1, -0.05) is 37.6 Å². The predicted octanol–water partition coefficient (Wildman–Crippen LogP) is 5.26. The van der Waals surface area contributed by atoms with Gasteiger partial charge in [0, 0.05) is 56.9 Å².